The summed E-state index contributed by atoms with van der Waals surface area (Å²) in [4.78, 5) is 15.0. The predicted molar refractivity (Wildman–Crippen MR) is 77.5 cm³/mol. The summed E-state index contributed by atoms with van der Waals surface area (Å²) in [6.45, 7) is 2.04. The number of furan rings is 1. The number of carbonyl (C=O) groups is 1. The molecule has 1 aromatic carbocycles. The van der Waals surface area contributed by atoms with Gasteiger partial charge in [-0.25, -0.2) is 0 Å². The molecule has 0 aliphatic heterocycles. The monoisotopic (exact) mass is 263 g/mol. The van der Waals surface area contributed by atoms with Crippen molar-refractivity contribution < 1.29 is 9.21 Å². The predicted octanol–water partition coefficient (Wildman–Crippen LogP) is 4.13. The van der Waals surface area contributed by atoms with E-state index in [0.717, 1.165) is 22.4 Å². The molecule has 20 heavy (non-hydrogen) atoms. The highest BCUT2D eigenvalue weighted by atomic mass is 16.3. The van der Waals surface area contributed by atoms with E-state index in [9.17, 15) is 4.79 Å². The van der Waals surface area contributed by atoms with Crippen LogP contribution in [0.4, 0.5) is 0 Å². The van der Waals surface area contributed by atoms with Crippen LogP contribution in [-0.2, 0) is 0 Å². The fourth-order valence-corrected chi connectivity index (χ4v) is 2.15. The second-order valence-corrected chi connectivity index (χ2v) is 4.57. The van der Waals surface area contributed by atoms with Crippen LogP contribution < -0.4 is 0 Å². The van der Waals surface area contributed by atoms with Gasteiger partial charge in [-0.2, -0.15) is 0 Å². The second-order valence-electron chi connectivity index (χ2n) is 4.57. The first-order valence-electron chi connectivity index (χ1n) is 6.35. The SMILES string of the molecule is Cc1cccnc1-c1ccc(-c2ccc(C=O)o2)cc1. The lowest BCUT2D eigenvalue weighted by molar-refractivity contribution is 0.110. The molecular weight excluding hydrogens is 250 g/mol. The van der Waals surface area contributed by atoms with E-state index in [0.29, 0.717) is 17.8 Å². The first-order chi connectivity index (χ1) is 9.78. The Morgan fingerprint density at radius 2 is 1.75 bits per heavy atom. The molecule has 0 saturated heterocycles. The normalized spacial score (nSPS) is 10.4. The third kappa shape index (κ3) is 2.26. The standard InChI is InChI=1S/C17H13NO2/c1-12-3-2-10-18-17(12)14-6-4-13(5-7-14)16-9-8-15(11-19)20-16/h2-11H,1H3. The van der Waals surface area contributed by atoms with E-state index in [4.69, 9.17) is 4.42 Å². The van der Waals surface area contributed by atoms with Crippen LogP contribution in [0.25, 0.3) is 22.6 Å². The van der Waals surface area contributed by atoms with Crippen molar-refractivity contribution in [3.8, 4) is 22.6 Å². The molecule has 3 heteroatoms. The van der Waals surface area contributed by atoms with Crippen molar-refractivity contribution in [3.05, 3.63) is 66.1 Å². The highest BCUT2D eigenvalue weighted by molar-refractivity contribution is 5.73. The van der Waals surface area contributed by atoms with E-state index in [1.54, 1.807) is 18.3 Å². The molecule has 0 unspecified atom stereocenters. The summed E-state index contributed by atoms with van der Waals surface area (Å²) in [5.74, 6) is 1.03. The van der Waals surface area contributed by atoms with Crippen LogP contribution in [-0.4, -0.2) is 11.3 Å². The van der Waals surface area contributed by atoms with Crippen molar-refractivity contribution in [1.82, 2.24) is 4.98 Å². The smallest absolute Gasteiger partial charge is 0.185 e. The maximum atomic E-state index is 10.6. The second kappa shape index (κ2) is 5.13. The maximum absolute atomic E-state index is 10.6. The number of hydrogen-bond acceptors (Lipinski definition) is 3. The van der Waals surface area contributed by atoms with Gasteiger partial charge in [0.2, 0.25) is 0 Å². The third-order valence-corrected chi connectivity index (χ3v) is 3.20. The Morgan fingerprint density at radius 1 is 1.00 bits per heavy atom. The lowest BCUT2D eigenvalue weighted by atomic mass is 10.0. The van der Waals surface area contributed by atoms with Gasteiger partial charge in [-0.15, -0.1) is 0 Å². The molecule has 3 rings (SSSR count). The zero-order valence-corrected chi connectivity index (χ0v) is 11.0. The zero-order valence-electron chi connectivity index (χ0n) is 11.0. The first kappa shape index (κ1) is 12.4. The molecule has 0 radical (unpaired) electrons. The molecule has 0 aliphatic carbocycles. The quantitative estimate of drug-likeness (QED) is 0.667. The van der Waals surface area contributed by atoms with Crippen molar-refractivity contribution in [3.63, 3.8) is 0 Å². The molecule has 0 fully saturated rings. The van der Waals surface area contributed by atoms with Crippen molar-refractivity contribution in [2.75, 3.05) is 0 Å². The third-order valence-electron chi connectivity index (χ3n) is 3.20. The molecule has 0 spiro atoms. The van der Waals surface area contributed by atoms with Gasteiger partial charge in [0, 0.05) is 17.3 Å². The summed E-state index contributed by atoms with van der Waals surface area (Å²) >= 11 is 0. The Kier molecular flexibility index (Phi) is 3.17. The molecule has 2 aromatic heterocycles. The molecule has 2 heterocycles. The minimum atomic E-state index is 0.338. The molecule has 0 aliphatic rings. The lowest BCUT2D eigenvalue weighted by Gasteiger charge is -2.05. The summed E-state index contributed by atoms with van der Waals surface area (Å²) in [7, 11) is 0. The van der Waals surface area contributed by atoms with Crippen LogP contribution in [0.5, 0.6) is 0 Å². The minimum absolute atomic E-state index is 0.338. The number of carbonyl (C=O) groups excluding carboxylic acids is 1. The van der Waals surface area contributed by atoms with E-state index in [-0.39, 0.29) is 0 Å². The number of aromatic nitrogens is 1. The van der Waals surface area contributed by atoms with Crippen LogP contribution in [0.1, 0.15) is 16.1 Å². The highest BCUT2D eigenvalue weighted by Crippen LogP contribution is 2.26. The number of hydrogen-bond donors (Lipinski definition) is 0. The van der Waals surface area contributed by atoms with Gasteiger partial charge in [-0.05, 0) is 30.7 Å². The number of aryl methyl sites for hydroxylation is 1. The Hall–Kier alpha value is -2.68. The fourth-order valence-electron chi connectivity index (χ4n) is 2.15. The van der Waals surface area contributed by atoms with Gasteiger partial charge in [0.1, 0.15) is 5.76 Å². The van der Waals surface area contributed by atoms with Gasteiger partial charge in [-0.3, -0.25) is 9.78 Å². The molecular formula is C17H13NO2. The molecule has 0 bridgehead atoms. The summed E-state index contributed by atoms with van der Waals surface area (Å²) in [6.07, 6.45) is 2.49. The summed E-state index contributed by atoms with van der Waals surface area (Å²) in [6, 6.07) is 15.4. The van der Waals surface area contributed by atoms with Crippen molar-refractivity contribution in [1.29, 1.82) is 0 Å². The van der Waals surface area contributed by atoms with Crippen LogP contribution in [0, 0.1) is 6.92 Å². The van der Waals surface area contributed by atoms with Crippen molar-refractivity contribution >= 4 is 6.29 Å². The van der Waals surface area contributed by atoms with E-state index in [1.165, 1.54) is 0 Å². The van der Waals surface area contributed by atoms with Crippen molar-refractivity contribution in [2.24, 2.45) is 0 Å². The van der Waals surface area contributed by atoms with Gasteiger partial charge in [0.15, 0.2) is 12.0 Å². The Balaban J connectivity index is 1.95. The van der Waals surface area contributed by atoms with Crippen molar-refractivity contribution in [2.45, 2.75) is 6.92 Å². The van der Waals surface area contributed by atoms with E-state index < -0.39 is 0 Å². The lowest BCUT2D eigenvalue weighted by Crippen LogP contribution is -1.87. The molecule has 98 valence electrons. The van der Waals surface area contributed by atoms with Gasteiger partial charge >= 0.3 is 0 Å². The van der Waals surface area contributed by atoms with Gasteiger partial charge in [0.25, 0.3) is 0 Å². The zero-order chi connectivity index (χ0) is 13.9. The molecule has 3 nitrogen and oxygen atoms in total. The molecule has 3 aromatic rings. The number of pyridine rings is 1. The minimum Gasteiger partial charge on any atom is -0.453 e. The average Bonchev–Trinajstić information content (AvgIpc) is 2.97. The summed E-state index contributed by atoms with van der Waals surface area (Å²) in [5, 5.41) is 0. The van der Waals surface area contributed by atoms with Gasteiger partial charge < -0.3 is 4.42 Å². The van der Waals surface area contributed by atoms with Crippen LogP contribution in [0.3, 0.4) is 0 Å². The summed E-state index contributed by atoms with van der Waals surface area (Å²) < 4.78 is 5.40. The topological polar surface area (TPSA) is 43.1 Å². The van der Waals surface area contributed by atoms with Gasteiger partial charge in [0.05, 0.1) is 5.69 Å². The number of nitrogens with zero attached hydrogens (tertiary/aromatic N) is 1. The van der Waals surface area contributed by atoms with Gasteiger partial charge in [-0.1, -0.05) is 30.3 Å². The highest BCUT2D eigenvalue weighted by Gasteiger charge is 2.06. The number of aldehydes is 1. The molecule has 0 saturated carbocycles. The molecule has 0 atom stereocenters. The fraction of sp³-hybridized carbons (Fsp3) is 0.0588. The number of benzene rings is 1. The number of rotatable bonds is 3. The van der Waals surface area contributed by atoms with E-state index in [1.807, 2.05) is 43.3 Å². The summed E-state index contributed by atoms with van der Waals surface area (Å²) in [5.41, 5.74) is 4.12. The Labute approximate surface area is 116 Å². The first-order valence-corrected chi connectivity index (χ1v) is 6.35. The largest absolute Gasteiger partial charge is 0.453 e. The van der Waals surface area contributed by atoms with E-state index in [2.05, 4.69) is 4.98 Å². The molecule has 0 amide bonds. The average molecular weight is 263 g/mol. The van der Waals surface area contributed by atoms with Crippen LogP contribution in [0.15, 0.2) is 59.1 Å². The van der Waals surface area contributed by atoms with E-state index >= 15 is 0 Å². The Bertz CT molecular complexity index is 742. The molecule has 0 N–H and O–H groups in total. The van der Waals surface area contributed by atoms with Crippen LogP contribution >= 0.6 is 0 Å². The van der Waals surface area contributed by atoms with Crippen LogP contribution in [0.2, 0.25) is 0 Å². The Morgan fingerprint density at radius 3 is 2.40 bits per heavy atom. The maximum Gasteiger partial charge on any atom is 0.185 e.